The lowest BCUT2D eigenvalue weighted by Gasteiger charge is -2.06. The summed E-state index contributed by atoms with van der Waals surface area (Å²) >= 11 is 4.94. The van der Waals surface area contributed by atoms with Crippen LogP contribution in [-0.2, 0) is 0 Å². The molecule has 0 atom stereocenters. The van der Waals surface area contributed by atoms with Crippen LogP contribution in [0.5, 0.6) is 11.5 Å². The van der Waals surface area contributed by atoms with Gasteiger partial charge in [-0.3, -0.25) is 0 Å². The first-order valence-corrected chi connectivity index (χ1v) is 8.84. The van der Waals surface area contributed by atoms with Crippen LogP contribution in [0.25, 0.3) is 11.3 Å². The number of thiazole rings is 1. The number of aromatic nitrogens is 1. The Morgan fingerprint density at radius 2 is 1.88 bits per heavy atom. The molecule has 3 aromatic rings. The summed E-state index contributed by atoms with van der Waals surface area (Å²) in [5, 5.41) is 2.70. The molecular weight excluding hydrogens is 388 g/mol. The first-order chi connectivity index (χ1) is 11.7. The summed E-state index contributed by atoms with van der Waals surface area (Å²) in [7, 11) is 3.25. The third kappa shape index (κ3) is 3.83. The summed E-state index contributed by atoms with van der Waals surface area (Å²) in [5.41, 5.74) is 2.86. The van der Waals surface area contributed by atoms with Crippen molar-refractivity contribution in [3.05, 3.63) is 57.9 Å². The average Bonchev–Trinajstić information content (AvgIpc) is 3.09. The number of hydrogen-bond acceptors (Lipinski definition) is 5. The molecule has 1 heterocycles. The molecule has 0 aliphatic carbocycles. The third-order valence-corrected chi connectivity index (χ3v) is 4.66. The van der Waals surface area contributed by atoms with Gasteiger partial charge >= 0.3 is 0 Å². The van der Waals surface area contributed by atoms with Gasteiger partial charge in [-0.1, -0.05) is 28.1 Å². The predicted octanol–water partition coefficient (Wildman–Crippen LogP) is 5.34. The number of hydrogen-bond donors (Lipinski definition) is 0. The van der Waals surface area contributed by atoms with Gasteiger partial charge in [0.1, 0.15) is 11.5 Å². The van der Waals surface area contributed by atoms with Crippen LogP contribution >= 0.6 is 27.3 Å². The molecule has 0 N–H and O–H groups in total. The second kappa shape index (κ2) is 7.59. The molecule has 4 nitrogen and oxygen atoms in total. The molecule has 0 aliphatic heterocycles. The molecule has 0 spiro atoms. The number of methoxy groups -OCH3 is 2. The van der Waals surface area contributed by atoms with Gasteiger partial charge in [0, 0.05) is 33.3 Å². The maximum Gasteiger partial charge on any atom is 0.209 e. The summed E-state index contributed by atoms with van der Waals surface area (Å²) in [6.45, 7) is 0. The molecule has 0 fully saturated rings. The Balaban J connectivity index is 1.82. The lowest BCUT2D eigenvalue weighted by Crippen LogP contribution is -1.92. The van der Waals surface area contributed by atoms with E-state index in [1.807, 2.05) is 47.8 Å². The van der Waals surface area contributed by atoms with Crippen LogP contribution in [0.15, 0.2) is 57.3 Å². The van der Waals surface area contributed by atoms with Crippen molar-refractivity contribution in [3.63, 3.8) is 0 Å². The number of ether oxygens (including phenoxy) is 2. The Bertz CT molecular complexity index is 860. The van der Waals surface area contributed by atoms with E-state index in [1.165, 1.54) is 11.3 Å². The molecule has 6 heteroatoms. The molecule has 0 bridgehead atoms. The topological polar surface area (TPSA) is 43.7 Å². The van der Waals surface area contributed by atoms with Crippen molar-refractivity contribution in [3.8, 4) is 22.8 Å². The van der Waals surface area contributed by atoms with Gasteiger partial charge in [0.2, 0.25) is 5.13 Å². The largest absolute Gasteiger partial charge is 0.497 e. The first kappa shape index (κ1) is 16.7. The fourth-order valence-corrected chi connectivity index (χ4v) is 3.06. The minimum Gasteiger partial charge on any atom is -0.497 e. The molecule has 0 amide bonds. The Morgan fingerprint density at radius 1 is 1.08 bits per heavy atom. The van der Waals surface area contributed by atoms with Crippen molar-refractivity contribution < 1.29 is 9.47 Å². The van der Waals surface area contributed by atoms with Gasteiger partial charge in [-0.2, -0.15) is 0 Å². The van der Waals surface area contributed by atoms with Crippen molar-refractivity contribution in [2.45, 2.75) is 0 Å². The van der Waals surface area contributed by atoms with Gasteiger partial charge in [0.15, 0.2) is 0 Å². The minimum absolute atomic E-state index is 0.700. The summed E-state index contributed by atoms with van der Waals surface area (Å²) in [5.74, 6) is 1.46. The van der Waals surface area contributed by atoms with Crippen molar-refractivity contribution in [2.75, 3.05) is 14.2 Å². The molecule has 0 aliphatic rings. The zero-order chi connectivity index (χ0) is 16.9. The van der Waals surface area contributed by atoms with Gasteiger partial charge in [-0.05, 0) is 24.3 Å². The predicted molar refractivity (Wildman–Crippen MR) is 102 cm³/mol. The molecule has 3 rings (SSSR count). The molecular formula is C18H15BrN2O2S. The highest BCUT2D eigenvalue weighted by Crippen LogP contribution is 2.28. The van der Waals surface area contributed by atoms with Gasteiger partial charge in [-0.15, -0.1) is 11.3 Å². The monoisotopic (exact) mass is 402 g/mol. The van der Waals surface area contributed by atoms with E-state index in [0.717, 1.165) is 27.0 Å². The van der Waals surface area contributed by atoms with Gasteiger partial charge in [-0.25, -0.2) is 9.98 Å². The van der Waals surface area contributed by atoms with E-state index in [4.69, 9.17) is 9.47 Å². The fraction of sp³-hybridized carbons (Fsp3) is 0.111. The second-order valence-electron chi connectivity index (χ2n) is 4.89. The Morgan fingerprint density at radius 3 is 2.58 bits per heavy atom. The molecule has 122 valence electrons. The van der Waals surface area contributed by atoms with E-state index >= 15 is 0 Å². The minimum atomic E-state index is 0.700. The van der Waals surface area contributed by atoms with Crippen molar-refractivity contribution in [1.82, 2.24) is 4.98 Å². The normalized spacial score (nSPS) is 11.0. The van der Waals surface area contributed by atoms with E-state index in [0.29, 0.717) is 10.9 Å². The molecule has 0 radical (unpaired) electrons. The van der Waals surface area contributed by atoms with E-state index in [-0.39, 0.29) is 0 Å². The Labute approximate surface area is 152 Å². The van der Waals surface area contributed by atoms with E-state index in [9.17, 15) is 0 Å². The Hall–Kier alpha value is -2.18. The van der Waals surface area contributed by atoms with E-state index in [2.05, 4.69) is 25.9 Å². The van der Waals surface area contributed by atoms with Crippen molar-refractivity contribution >= 4 is 38.6 Å². The average molecular weight is 403 g/mol. The summed E-state index contributed by atoms with van der Waals surface area (Å²) in [6, 6.07) is 13.7. The third-order valence-electron chi connectivity index (χ3n) is 3.39. The van der Waals surface area contributed by atoms with Crippen LogP contribution in [0, 0.1) is 0 Å². The maximum atomic E-state index is 5.37. The van der Waals surface area contributed by atoms with E-state index < -0.39 is 0 Å². The number of benzene rings is 2. The lowest BCUT2D eigenvalue weighted by atomic mass is 10.2. The SMILES string of the molecule is COc1ccc(/C=N/c2nc(-c3ccc(Br)cc3)cs2)c(OC)c1. The molecule has 2 aromatic carbocycles. The lowest BCUT2D eigenvalue weighted by molar-refractivity contribution is 0.394. The van der Waals surface area contributed by atoms with Crippen LogP contribution in [0.3, 0.4) is 0 Å². The van der Waals surface area contributed by atoms with Crippen LogP contribution in [0.4, 0.5) is 5.13 Å². The molecule has 0 unspecified atom stereocenters. The molecule has 0 saturated heterocycles. The van der Waals surface area contributed by atoms with Gasteiger partial charge in [0.25, 0.3) is 0 Å². The highest BCUT2D eigenvalue weighted by molar-refractivity contribution is 9.10. The highest BCUT2D eigenvalue weighted by atomic mass is 79.9. The standard InChI is InChI=1S/C18H15BrN2O2S/c1-22-15-8-5-13(17(9-15)23-2)10-20-18-21-16(11-24-18)12-3-6-14(19)7-4-12/h3-11H,1-2H3/b20-10+. The molecule has 24 heavy (non-hydrogen) atoms. The van der Waals surface area contributed by atoms with Crippen LogP contribution in [-0.4, -0.2) is 25.4 Å². The fourth-order valence-electron chi connectivity index (χ4n) is 2.13. The van der Waals surface area contributed by atoms with Crippen LogP contribution in [0.1, 0.15) is 5.56 Å². The van der Waals surface area contributed by atoms with Crippen LogP contribution in [0.2, 0.25) is 0 Å². The number of halogens is 1. The smallest absolute Gasteiger partial charge is 0.209 e. The van der Waals surface area contributed by atoms with Gasteiger partial charge < -0.3 is 9.47 Å². The summed E-state index contributed by atoms with van der Waals surface area (Å²) < 4.78 is 11.6. The van der Waals surface area contributed by atoms with Crippen molar-refractivity contribution in [2.24, 2.45) is 4.99 Å². The number of aliphatic imine (C=N–C) groups is 1. The van der Waals surface area contributed by atoms with E-state index in [1.54, 1.807) is 20.4 Å². The quantitative estimate of drug-likeness (QED) is 0.540. The van der Waals surface area contributed by atoms with Crippen molar-refractivity contribution in [1.29, 1.82) is 0 Å². The van der Waals surface area contributed by atoms with Gasteiger partial charge in [0.05, 0.1) is 19.9 Å². The zero-order valence-corrected chi connectivity index (χ0v) is 15.6. The second-order valence-corrected chi connectivity index (χ2v) is 6.64. The number of rotatable bonds is 5. The zero-order valence-electron chi connectivity index (χ0n) is 13.2. The summed E-state index contributed by atoms with van der Waals surface area (Å²) in [4.78, 5) is 9.01. The molecule has 0 saturated carbocycles. The maximum absolute atomic E-state index is 5.37. The number of nitrogens with zero attached hydrogens (tertiary/aromatic N) is 2. The first-order valence-electron chi connectivity index (χ1n) is 7.17. The highest BCUT2D eigenvalue weighted by Gasteiger charge is 2.05. The van der Waals surface area contributed by atoms with Crippen LogP contribution < -0.4 is 9.47 Å². The summed E-state index contributed by atoms with van der Waals surface area (Å²) in [6.07, 6.45) is 1.75. The Kier molecular flexibility index (Phi) is 5.27. The molecule has 1 aromatic heterocycles.